The summed E-state index contributed by atoms with van der Waals surface area (Å²) in [5.74, 6) is 1.54. The van der Waals surface area contributed by atoms with Gasteiger partial charge in [-0.2, -0.15) is 5.10 Å². The second-order valence-electron chi connectivity index (χ2n) is 5.12. The molecule has 0 bridgehead atoms. The van der Waals surface area contributed by atoms with E-state index in [-0.39, 0.29) is 0 Å². The zero-order valence-electron chi connectivity index (χ0n) is 9.90. The summed E-state index contributed by atoms with van der Waals surface area (Å²) in [4.78, 5) is 0. The number of rotatable bonds is 5. The van der Waals surface area contributed by atoms with E-state index in [1.807, 2.05) is 10.9 Å². The van der Waals surface area contributed by atoms with E-state index in [1.165, 1.54) is 12.8 Å². The monoisotopic (exact) mass is 207 g/mol. The zero-order chi connectivity index (χ0) is 10.8. The zero-order valence-corrected chi connectivity index (χ0v) is 9.90. The van der Waals surface area contributed by atoms with Crippen LogP contribution in [0.5, 0.6) is 0 Å². The van der Waals surface area contributed by atoms with Crippen molar-refractivity contribution in [1.82, 2.24) is 9.78 Å². The quantitative estimate of drug-likeness (QED) is 0.804. The Labute approximate surface area is 91.9 Å². The van der Waals surface area contributed by atoms with Gasteiger partial charge in [-0.3, -0.25) is 4.68 Å². The van der Waals surface area contributed by atoms with E-state index in [2.05, 4.69) is 37.4 Å². The molecule has 1 N–H and O–H groups in total. The number of anilines is 1. The molecule has 3 heteroatoms. The topological polar surface area (TPSA) is 29.9 Å². The molecule has 1 fully saturated rings. The first-order chi connectivity index (χ1) is 7.15. The molecular weight excluding hydrogens is 186 g/mol. The summed E-state index contributed by atoms with van der Waals surface area (Å²) in [5.41, 5.74) is 1.16. The second kappa shape index (κ2) is 4.25. The van der Waals surface area contributed by atoms with Crippen LogP contribution in [0.15, 0.2) is 12.4 Å². The van der Waals surface area contributed by atoms with Gasteiger partial charge in [0.2, 0.25) is 0 Å². The third-order valence-electron chi connectivity index (χ3n) is 2.91. The normalized spacial score (nSPS) is 18.1. The first kappa shape index (κ1) is 10.5. The van der Waals surface area contributed by atoms with Crippen molar-refractivity contribution >= 4 is 5.69 Å². The maximum atomic E-state index is 4.34. The van der Waals surface area contributed by atoms with Gasteiger partial charge in [0.05, 0.1) is 11.9 Å². The Morgan fingerprint density at radius 1 is 1.47 bits per heavy atom. The third-order valence-corrected chi connectivity index (χ3v) is 2.91. The fourth-order valence-electron chi connectivity index (χ4n) is 1.89. The molecule has 3 nitrogen and oxygen atoms in total. The molecule has 0 aromatic carbocycles. The molecule has 1 unspecified atom stereocenters. The molecule has 15 heavy (non-hydrogen) atoms. The van der Waals surface area contributed by atoms with Gasteiger partial charge in [0.15, 0.2) is 0 Å². The predicted octanol–water partition coefficient (Wildman–Crippen LogP) is 2.75. The molecular formula is C12H21N3. The molecule has 2 rings (SSSR count). The number of aromatic nitrogens is 2. The SMILES string of the molecule is CC(C)Cn1cc(NC(C)C2CC2)cn1. The van der Waals surface area contributed by atoms with E-state index in [0.29, 0.717) is 12.0 Å². The van der Waals surface area contributed by atoms with Crippen LogP contribution in [0.25, 0.3) is 0 Å². The molecule has 1 aliphatic rings. The van der Waals surface area contributed by atoms with Crippen molar-refractivity contribution in [2.45, 2.75) is 46.2 Å². The molecule has 1 aromatic heterocycles. The van der Waals surface area contributed by atoms with Crippen LogP contribution in [-0.4, -0.2) is 15.8 Å². The van der Waals surface area contributed by atoms with Crippen molar-refractivity contribution in [3.05, 3.63) is 12.4 Å². The van der Waals surface area contributed by atoms with E-state index < -0.39 is 0 Å². The summed E-state index contributed by atoms with van der Waals surface area (Å²) in [7, 11) is 0. The van der Waals surface area contributed by atoms with Crippen LogP contribution in [0.1, 0.15) is 33.6 Å². The van der Waals surface area contributed by atoms with Crippen molar-refractivity contribution in [2.24, 2.45) is 11.8 Å². The van der Waals surface area contributed by atoms with Crippen LogP contribution in [-0.2, 0) is 6.54 Å². The summed E-state index contributed by atoms with van der Waals surface area (Å²) in [6.07, 6.45) is 6.81. The molecule has 1 aromatic rings. The minimum absolute atomic E-state index is 0.599. The highest BCUT2D eigenvalue weighted by atomic mass is 15.3. The van der Waals surface area contributed by atoms with Crippen LogP contribution in [0.4, 0.5) is 5.69 Å². The van der Waals surface area contributed by atoms with Crippen molar-refractivity contribution in [2.75, 3.05) is 5.32 Å². The highest BCUT2D eigenvalue weighted by Crippen LogP contribution is 2.33. The van der Waals surface area contributed by atoms with Crippen molar-refractivity contribution < 1.29 is 0 Å². The van der Waals surface area contributed by atoms with Gasteiger partial charge < -0.3 is 5.32 Å². The average molecular weight is 207 g/mol. The predicted molar refractivity (Wildman–Crippen MR) is 62.9 cm³/mol. The van der Waals surface area contributed by atoms with Gasteiger partial charge >= 0.3 is 0 Å². The fraction of sp³-hybridized carbons (Fsp3) is 0.750. The molecule has 0 aliphatic heterocycles. The minimum Gasteiger partial charge on any atom is -0.380 e. The lowest BCUT2D eigenvalue weighted by Crippen LogP contribution is -2.16. The highest BCUT2D eigenvalue weighted by Gasteiger charge is 2.27. The summed E-state index contributed by atoms with van der Waals surface area (Å²) in [6, 6.07) is 0.599. The van der Waals surface area contributed by atoms with Gasteiger partial charge in [-0.25, -0.2) is 0 Å². The molecule has 1 saturated carbocycles. The molecule has 1 atom stereocenters. The highest BCUT2D eigenvalue weighted by molar-refractivity contribution is 5.39. The van der Waals surface area contributed by atoms with E-state index in [0.717, 1.165) is 18.2 Å². The lowest BCUT2D eigenvalue weighted by molar-refractivity contribution is 0.483. The Morgan fingerprint density at radius 2 is 2.20 bits per heavy atom. The van der Waals surface area contributed by atoms with Crippen LogP contribution >= 0.6 is 0 Å². The first-order valence-corrected chi connectivity index (χ1v) is 5.94. The Morgan fingerprint density at radius 3 is 2.80 bits per heavy atom. The number of nitrogens with one attached hydrogen (secondary N) is 1. The van der Waals surface area contributed by atoms with Crippen LogP contribution in [0.2, 0.25) is 0 Å². The fourth-order valence-corrected chi connectivity index (χ4v) is 1.89. The van der Waals surface area contributed by atoms with E-state index in [1.54, 1.807) is 0 Å². The van der Waals surface area contributed by atoms with Gasteiger partial charge in [0.25, 0.3) is 0 Å². The second-order valence-corrected chi connectivity index (χ2v) is 5.12. The van der Waals surface area contributed by atoms with Crippen molar-refractivity contribution in [3.63, 3.8) is 0 Å². The Bertz CT molecular complexity index is 312. The molecule has 0 spiro atoms. The van der Waals surface area contributed by atoms with Gasteiger partial charge in [0, 0.05) is 18.8 Å². The van der Waals surface area contributed by atoms with Crippen LogP contribution in [0.3, 0.4) is 0 Å². The molecule has 1 aliphatic carbocycles. The average Bonchev–Trinajstić information content (AvgIpc) is 2.90. The lowest BCUT2D eigenvalue weighted by atomic mass is 10.2. The maximum absolute atomic E-state index is 4.34. The Hall–Kier alpha value is -0.990. The van der Waals surface area contributed by atoms with E-state index in [4.69, 9.17) is 0 Å². The van der Waals surface area contributed by atoms with Crippen molar-refractivity contribution in [3.8, 4) is 0 Å². The molecule has 0 saturated heterocycles. The smallest absolute Gasteiger partial charge is 0.0728 e. The summed E-state index contributed by atoms with van der Waals surface area (Å²) >= 11 is 0. The van der Waals surface area contributed by atoms with Gasteiger partial charge in [-0.1, -0.05) is 13.8 Å². The van der Waals surface area contributed by atoms with Gasteiger partial charge in [0.1, 0.15) is 0 Å². The first-order valence-electron chi connectivity index (χ1n) is 5.94. The van der Waals surface area contributed by atoms with Crippen molar-refractivity contribution in [1.29, 1.82) is 0 Å². The summed E-state index contributed by atoms with van der Waals surface area (Å²) in [6.45, 7) is 7.68. The van der Waals surface area contributed by atoms with Gasteiger partial charge in [-0.15, -0.1) is 0 Å². The third kappa shape index (κ3) is 2.98. The Balaban J connectivity index is 1.88. The number of hydrogen-bond donors (Lipinski definition) is 1. The minimum atomic E-state index is 0.599. The van der Waals surface area contributed by atoms with Crippen LogP contribution < -0.4 is 5.32 Å². The molecule has 1 heterocycles. The molecule has 0 radical (unpaired) electrons. The summed E-state index contributed by atoms with van der Waals surface area (Å²) in [5, 5.41) is 7.86. The lowest BCUT2D eigenvalue weighted by Gasteiger charge is -2.11. The van der Waals surface area contributed by atoms with Gasteiger partial charge in [-0.05, 0) is 31.6 Å². The number of nitrogens with zero attached hydrogens (tertiary/aromatic N) is 2. The standard InChI is InChI=1S/C12H21N3/c1-9(2)7-15-8-12(6-13-15)14-10(3)11-4-5-11/h6,8-11,14H,4-5,7H2,1-3H3. The van der Waals surface area contributed by atoms with E-state index in [9.17, 15) is 0 Å². The largest absolute Gasteiger partial charge is 0.380 e. The molecule has 0 amide bonds. The maximum Gasteiger partial charge on any atom is 0.0728 e. The molecule has 84 valence electrons. The van der Waals surface area contributed by atoms with Crippen LogP contribution in [0, 0.1) is 11.8 Å². The summed E-state index contributed by atoms with van der Waals surface area (Å²) < 4.78 is 2.02. The number of hydrogen-bond acceptors (Lipinski definition) is 2. The van der Waals surface area contributed by atoms with E-state index >= 15 is 0 Å². The Kier molecular flexibility index (Phi) is 2.98.